The smallest absolute Gasteiger partial charge is 0.340 e. The van der Waals surface area contributed by atoms with Crippen LogP contribution in [0.15, 0.2) is 91.8 Å². The van der Waals surface area contributed by atoms with Crippen LogP contribution in [0.5, 0.6) is 0 Å². The van der Waals surface area contributed by atoms with Crippen LogP contribution in [0.4, 0.5) is 13.2 Å². The summed E-state index contributed by atoms with van der Waals surface area (Å²) in [5, 5.41) is 49.0. The summed E-state index contributed by atoms with van der Waals surface area (Å²) in [5.41, 5.74) is -0.609. The minimum Gasteiger partial charge on any atom is -0.478 e. The van der Waals surface area contributed by atoms with Gasteiger partial charge in [-0.05, 0) is 42.5 Å². The van der Waals surface area contributed by atoms with Crippen molar-refractivity contribution in [1.82, 2.24) is 45.0 Å². The van der Waals surface area contributed by atoms with Gasteiger partial charge in [0.05, 0.1) is 48.3 Å². The van der Waals surface area contributed by atoms with Crippen molar-refractivity contribution in [3.8, 4) is 17.1 Å². The van der Waals surface area contributed by atoms with Gasteiger partial charge in [0.1, 0.15) is 34.3 Å². The number of nitrogens with zero attached hydrogens (tertiary/aromatic N) is 9. The number of rotatable bonds is 6. The third-order valence-corrected chi connectivity index (χ3v) is 5.50. The van der Waals surface area contributed by atoms with Crippen LogP contribution < -0.4 is 0 Å². The second kappa shape index (κ2) is 14.0. The van der Waals surface area contributed by atoms with E-state index in [1.165, 1.54) is 67.5 Å². The normalized spacial score (nSPS) is 10.2. The van der Waals surface area contributed by atoms with Crippen LogP contribution in [0, 0.1) is 17.5 Å². The Kier molecular flexibility index (Phi) is 9.69. The van der Waals surface area contributed by atoms with E-state index in [1.54, 1.807) is 0 Å². The van der Waals surface area contributed by atoms with Gasteiger partial charge < -0.3 is 15.3 Å². The lowest BCUT2D eigenvalue weighted by atomic mass is 10.1. The van der Waals surface area contributed by atoms with E-state index in [0.717, 1.165) is 38.7 Å². The predicted molar refractivity (Wildman–Crippen MR) is 145 cm³/mol. The zero-order valence-electron chi connectivity index (χ0n) is 22.4. The van der Waals surface area contributed by atoms with E-state index in [1.807, 2.05) is 0 Å². The average Bonchev–Trinajstić information content (AvgIpc) is 3.81. The molecule has 0 saturated heterocycles. The number of aromatic carboxylic acids is 3. The third-order valence-electron chi connectivity index (χ3n) is 5.50. The second-order valence-electron chi connectivity index (χ2n) is 8.30. The molecule has 18 heteroatoms. The number of hydrogen-bond donors (Lipinski definition) is 3. The molecule has 0 amide bonds. The van der Waals surface area contributed by atoms with Crippen molar-refractivity contribution in [2.24, 2.45) is 0 Å². The molecule has 15 nitrogen and oxygen atoms in total. The maximum absolute atomic E-state index is 13.4. The van der Waals surface area contributed by atoms with E-state index >= 15 is 0 Å². The van der Waals surface area contributed by atoms with Crippen molar-refractivity contribution in [1.29, 1.82) is 0 Å². The molecule has 3 aromatic heterocycles. The topological polar surface area (TPSA) is 204 Å². The molecule has 3 heterocycles. The lowest BCUT2D eigenvalue weighted by molar-refractivity contribution is 0.0681. The molecule has 0 bridgehead atoms. The highest BCUT2D eigenvalue weighted by molar-refractivity contribution is 5.93. The SMILES string of the molecule is O=C(O)c1c(F)cccc1-n1nccn1.O=C(O)c1cc(F)ccc1-n1nccn1.O=C(O)c1cccc(F)c1-n1nccn1. The predicted octanol–water partition coefficient (Wildman–Crippen LogP) is 3.31. The standard InChI is InChI=1S/3C9H6FN3O2/c10-6-1-2-8(7(5-6)9(14)15)13-11-3-4-12-13;10-6-2-1-3-7(8(6)9(14)15)13-11-4-5-12-13;10-7-3-1-2-6(9(14)15)8(7)13-11-4-5-12-13/h3*1-5H,(H,14,15). The third kappa shape index (κ3) is 7.38. The van der Waals surface area contributed by atoms with Crippen molar-refractivity contribution < 1.29 is 42.9 Å². The molecule has 6 rings (SSSR count). The fraction of sp³-hybridized carbons (Fsp3) is 0. The Balaban J connectivity index is 0.000000154. The van der Waals surface area contributed by atoms with Gasteiger partial charge in [0.15, 0.2) is 5.82 Å². The minimum absolute atomic E-state index is 0.104. The summed E-state index contributed by atoms with van der Waals surface area (Å²) >= 11 is 0. The number of benzene rings is 3. The van der Waals surface area contributed by atoms with Crippen LogP contribution in [0.1, 0.15) is 31.1 Å². The summed E-state index contributed by atoms with van der Waals surface area (Å²) in [6.45, 7) is 0. The van der Waals surface area contributed by atoms with Crippen molar-refractivity contribution >= 4 is 17.9 Å². The molecule has 0 aliphatic rings. The van der Waals surface area contributed by atoms with Gasteiger partial charge in [-0.1, -0.05) is 12.1 Å². The summed E-state index contributed by atoms with van der Waals surface area (Å²) in [7, 11) is 0. The first-order chi connectivity index (χ1) is 21.6. The molecule has 0 saturated carbocycles. The van der Waals surface area contributed by atoms with Crippen LogP contribution in [-0.2, 0) is 0 Å². The molecule has 0 radical (unpaired) electrons. The Morgan fingerprint density at radius 1 is 0.533 bits per heavy atom. The summed E-state index contributed by atoms with van der Waals surface area (Å²) in [6.07, 6.45) is 8.28. The van der Waals surface area contributed by atoms with Gasteiger partial charge in [0.25, 0.3) is 0 Å². The zero-order valence-corrected chi connectivity index (χ0v) is 22.4. The molecule has 0 aliphatic carbocycles. The van der Waals surface area contributed by atoms with Gasteiger partial charge >= 0.3 is 17.9 Å². The van der Waals surface area contributed by atoms with E-state index in [0.29, 0.717) is 0 Å². The number of carboxylic acid groups (broad SMARTS) is 3. The highest BCUT2D eigenvalue weighted by Crippen LogP contribution is 2.18. The van der Waals surface area contributed by atoms with Crippen LogP contribution >= 0.6 is 0 Å². The molecule has 228 valence electrons. The summed E-state index contributed by atoms with van der Waals surface area (Å²) in [6, 6.07) is 11.1. The molecular formula is C27H18F3N9O6. The van der Waals surface area contributed by atoms with Gasteiger partial charge in [0, 0.05) is 0 Å². The first-order valence-corrected chi connectivity index (χ1v) is 12.2. The van der Waals surface area contributed by atoms with Gasteiger partial charge in [-0.15, -0.1) is 4.80 Å². The summed E-state index contributed by atoms with van der Waals surface area (Å²) in [4.78, 5) is 35.6. The van der Waals surface area contributed by atoms with Crippen LogP contribution in [0.2, 0.25) is 0 Å². The number of para-hydroxylation sites is 1. The molecular weight excluding hydrogens is 603 g/mol. The number of carboxylic acids is 3. The highest BCUT2D eigenvalue weighted by Gasteiger charge is 2.18. The molecule has 0 spiro atoms. The monoisotopic (exact) mass is 621 g/mol. The molecule has 0 unspecified atom stereocenters. The van der Waals surface area contributed by atoms with Crippen LogP contribution in [-0.4, -0.2) is 78.2 Å². The second-order valence-corrected chi connectivity index (χ2v) is 8.30. The minimum atomic E-state index is -1.35. The number of halogens is 3. The maximum atomic E-state index is 13.4. The Morgan fingerprint density at radius 3 is 1.56 bits per heavy atom. The number of carbonyl (C=O) groups is 3. The largest absolute Gasteiger partial charge is 0.478 e. The van der Waals surface area contributed by atoms with Crippen molar-refractivity contribution in [3.63, 3.8) is 0 Å². The van der Waals surface area contributed by atoms with E-state index in [2.05, 4.69) is 30.6 Å². The van der Waals surface area contributed by atoms with E-state index in [-0.39, 0.29) is 28.2 Å². The first kappa shape index (κ1) is 31.2. The van der Waals surface area contributed by atoms with Crippen LogP contribution in [0.25, 0.3) is 17.1 Å². The van der Waals surface area contributed by atoms with E-state index in [4.69, 9.17) is 15.3 Å². The highest BCUT2D eigenvalue weighted by atomic mass is 19.1. The van der Waals surface area contributed by atoms with Crippen molar-refractivity contribution in [3.05, 3.63) is 126 Å². The fourth-order valence-corrected chi connectivity index (χ4v) is 3.65. The molecule has 0 fully saturated rings. The molecule has 0 aliphatic heterocycles. The lowest BCUT2D eigenvalue weighted by Gasteiger charge is -2.05. The van der Waals surface area contributed by atoms with E-state index < -0.39 is 40.9 Å². The summed E-state index contributed by atoms with van der Waals surface area (Å²) in [5.74, 6) is -5.88. The fourth-order valence-electron chi connectivity index (χ4n) is 3.65. The Hall–Kier alpha value is -6.72. The number of aromatic nitrogens is 9. The maximum Gasteiger partial charge on any atom is 0.340 e. The number of hydrogen-bond acceptors (Lipinski definition) is 9. The van der Waals surface area contributed by atoms with Gasteiger partial charge in [-0.25, -0.2) is 27.6 Å². The molecule has 45 heavy (non-hydrogen) atoms. The average molecular weight is 621 g/mol. The Labute approximate surface area is 249 Å². The van der Waals surface area contributed by atoms with Gasteiger partial charge in [0.2, 0.25) is 0 Å². The van der Waals surface area contributed by atoms with E-state index in [9.17, 15) is 27.6 Å². The van der Waals surface area contributed by atoms with Crippen molar-refractivity contribution in [2.75, 3.05) is 0 Å². The summed E-state index contributed by atoms with van der Waals surface area (Å²) < 4.78 is 39.5. The molecule has 3 N–H and O–H groups in total. The Bertz CT molecular complexity index is 1920. The molecule has 3 aromatic carbocycles. The first-order valence-electron chi connectivity index (χ1n) is 12.2. The molecule has 6 aromatic rings. The zero-order chi connectivity index (χ0) is 32.5. The van der Waals surface area contributed by atoms with Crippen LogP contribution in [0.3, 0.4) is 0 Å². The van der Waals surface area contributed by atoms with Crippen molar-refractivity contribution in [2.45, 2.75) is 0 Å². The Morgan fingerprint density at radius 2 is 1.02 bits per heavy atom. The van der Waals surface area contributed by atoms with Gasteiger partial charge in [-0.2, -0.15) is 40.2 Å². The lowest BCUT2D eigenvalue weighted by Crippen LogP contribution is -2.10. The van der Waals surface area contributed by atoms with Gasteiger partial charge in [-0.3, -0.25) is 0 Å². The molecule has 0 atom stereocenters. The quantitative estimate of drug-likeness (QED) is 0.245.